The summed E-state index contributed by atoms with van der Waals surface area (Å²) in [5.41, 5.74) is 2.64. The molecule has 0 aliphatic carbocycles. The molecular weight excluding hydrogens is 412 g/mol. The van der Waals surface area contributed by atoms with Gasteiger partial charge in [-0.2, -0.15) is 0 Å². The van der Waals surface area contributed by atoms with Gasteiger partial charge in [-0.15, -0.1) is 10.2 Å². The van der Waals surface area contributed by atoms with Gasteiger partial charge in [-0.05, 0) is 39.1 Å². The lowest BCUT2D eigenvalue weighted by Crippen LogP contribution is -2.26. The van der Waals surface area contributed by atoms with Crippen molar-refractivity contribution in [3.05, 3.63) is 69.0 Å². The van der Waals surface area contributed by atoms with Crippen LogP contribution in [0.2, 0.25) is 0 Å². The Morgan fingerprint density at radius 1 is 1.06 bits per heavy atom. The Kier molecular flexibility index (Phi) is 4.22. The highest BCUT2D eigenvalue weighted by atomic mass is 32.2. The third-order valence-electron chi connectivity index (χ3n) is 5.71. The van der Waals surface area contributed by atoms with Gasteiger partial charge in [0.05, 0.1) is 33.3 Å². The summed E-state index contributed by atoms with van der Waals surface area (Å²) in [6, 6.07) is 13.6. The molecule has 0 saturated heterocycles. The van der Waals surface area contributed by atoms with Crippen LogP contribution in [0.15, 0.2) is 68.0 Å². The van der Waals surface area contributed by atoms with E-state index in [4.69, 9.17) is 0 Å². The molecule has 156 valence electrons. The molecule has 2 aliphatic rings. The largest absolute Gasteiger partial charge is 0.375 e. The maximum Gasteiger partial charge on any atom is 0.299 e. The van der Waals surface area contributed by atoms with Gasteiger partial charge in [-0.25, -0.2) is 9.36 Å². The molecule has 3 aromatic rings. The van der Waals surface area contributed by atoms with Crippen molar-refractivity contribution in [3.63, 3.8) is 0 Å². The molecule has 5 rings (SSSR count). The Bertz CT molecular complexity index is 1450. The van der Waals surface area contributed by atoms with Crippen molar-refractivity contribution in [2.45, 2.75) is 32.6 Å². The molecule has 7 nitrogen and oxygen atoms in total. The molecule has 2 aliphatic heterocycles. The first-order valence-electron chi connectivity index (χ1n) is 9.85. The normalized spacial score (nSPS) is 20.3. The highest BCUT2D eigenvalue weighted by Crippen LogP contribution is 2.55. The summed E-state index contributed by atoms with van der Waals surface area (Å²) in [4.78, 5) is 25.0. The number of aliphatic hydroxyl groups is 1. The fourth-order valence-electron chi connectivity index (χ4n) is 4.35. The predicted octanol–water partition coefficient (Wildman–Crippen LogP) is 4.98. The quantitative estimate of drug-likeness (QED) is 0.591. The third-order valence-corrected chi connectivity index (χ3v) is 7.00. The Morgan fingerprint density at radius 2 is 1.77 bits per heavy atom. The highest BCUT2D eigenvalue weighted by molar-refractivity contribution is 8.05. The molecule has 3 heterocycles. The van der Waals surface area contributed by atoms with Gasteiger partial charge in [0.2, 0.25) is 0 Å². The number of nitrogens with zero attached hydrogens (tertiary/aromatic N) is 4. The summed E-state index contributed by atoms with van der Waals surface area (Å²) in [6.07, 6.45) is 0. The van der Waals surface area contributed by atoms with Gasteiger partial charge in [-0.3, -0.25) is 9.59 Å². The van der Waals surface area contributed by atoms with E-state index in [9.17, 15) is 14.7 Å². The minimum atomic E-state index is -1.35. The van der Waals surface area contributed by atoms with Crippen LogP contribution >= 0.6 is 11.8 Å². The van der Waals surface area contributed by atoms with E-state index in [-0.39, 0.29) is 22.6 Å². The second kappa shape index (κ2) is 6.63. The maximum absolute atomic E-state index is 13.2. The van der Waals surface area contributed by atoms with Crippen molar-refractivity contribution in [2.24, 2.45) is 10.2 Å². The van der Waals surface area contributed by atoms with Crippen LogP contribution in [0.1, 0.15) is 26.5 Å². The van der Waals surface area contributed by atoms with E-state index in [2.05, 4.69) is 10.2 Å². The minimum Gasteiger partial charge on any atom is -0.375 e. The number of azo groups is 1. The fourth-order valence-corrected chi connectivity index (χ4v) is 5.61. The van der Waals surface area contributed by atoms with Crippen molar-refractivity contribution >= 4 is 51.1 Å². The van der Waals surface area contributed by atoms with Gasteiger partial charge in [-0.1, -0.05) is 48.2 Å². The summed E-state index contributed by atoms with van der Waals surface area (Å²) >= 11 is 1.18. The average molecular weight is 433 g/mol. The van der Waals surface area contributed by atoms with Crippen LogP contribution in [0.4, 0.5) is 11.4 Å². The molecular formula is C23H20N4O3S. The van der Waals surface area contributed by atoms with Crippen molar-refractivity contribution in [3.8, 4) is 0 Å². The van der Waals surface area contributed by atoms with Gasteiger partial charge in [0.1, 0.15) is 4.93 Å². The number of aromatic nitrogens is 2. The number of ketones is 1. The summed E-state index contributed by atoms with van der Waals surface area (Å²) in [5, 5.41) is 21.5. The fraction of sp³-hybridized carbons (Fsp3) is 0.217. The minimum absolute atomic E-state index is 0.207. The number of carbonyl (C=O) groups excluding carboxylic acids is 1. The van der Waals surface area contributed by atoms with Gasteiger partial charge < -0.3 is 5.11 Å². The van der Waals surface area contributed by atoms with Crippen LogP contribution in [0.25, 0.3) is 22.2 Å². The number of benzene rings is 2. The standard InChI is InChI=1S/C23H20N4O3S/c1-12-19(25-24-17-11-7-9-15-8-5-6-10-16(15)17)22(29)27-13(2)21-20(26(12)27)18(14(3)28)23(4,30)31-21/h5-11,30H,1-4H3. The Labute approximate surface area is 182 Å². The first kappa shape index (κ1) is 19.7. The van der Waals surface area contributed by atoms with Crippen molar-refractivity contribution in [1.29, 1.82) is 0 Å². The van der Waals surface area contributed by atoms with Crippen LogP contribution in [0, 0.1) is 6.92 Å². The molecule has 8 heteroatoms. The highest BCUT2D eigenvalue weighted by Gasteiger charge is 2.47. The van der Waals surface area contributed by atoms with E-state index in [1.165, 1.54) is 23.4 Å². The maximum atomic E-state index is 13.2. The number of hydrogen-bond acceptors (Lipinski definition) is 6. The van der Waals surface area contributed by atoms with Gasteiger partial charge >= 0.3 is 0 Å². The molecule has 0 amide bonds. The monoisotopic (exact) mass is 432 g/mol. The third kappa shape index (κ3) is 2.72. The van der Waals surface area contributed by atoms with Crippen LogP contribution in [0.3, 0.4) is 0 Å². The molecule has 1 aromatic heterocycles. The van der Waals surface area contributed by atoms with Crippen molar-refractivity contribution in [2.75, 3.05) is 0 Å². The first-order valence-corrected chi connectivity index (χ1v) is 10.7. The molecule has 2 aromatic carbocycles. The topological polar surface area (TPSA) is 89.0 Å². The first-order chi connectivity index (χ1) is 14.7. The summed E-state index contributed by atoms with van der Waals surface area (Å²) < 4.78 is 3.18. The molecule has 0 saturated carbocycles. The molecule has 0 spiro atoms. The lowest BCUT2D eigenvalue weighted by molar-refractivity contribution is -0.114. The SMILES string of the molecule is CC(=O)C1=C2C(=C(C)n3c(=O)c(N=Nc4cccc5ccccc45)c(C)n32)SC1(C)O. The molecule has 1 N–H and O–H groups in total. The number of rotatable bonds is 3. The number of fused-ring (bicyclic) bond motifs is 4. The number of Topliss-reactive ketones (excluding diaryl/α,β-unsaturated/α-hetero) is 1. The zero-order valence-corrected chi connectivity index (χ0v) is 18.3. The Hall–Kier alpha value is -3.23. The van der Waals surface area contributed by atoms with Gasteiger partial charge in [0.25, 0.3) is 5.56 Å². The second-order valence-corrected chi connectivity index (χ2v) is 9.25. The van der Waals surface area contributed by atoms with E-state index in [0.717, 1.165) is 15.7 Å². The Morgan fingerprint density at radius 3 is 2.52 bits per heavy atom. The van der Waals surface area contributed by atoms with Crippen LogP contribution in [-0.4, -0.2) is 25.2 Å². The van der Waals surface area contributed by atoms with E-state index in [0.29, 0.717) is 22.8 Å². The number of carbonyl (C=O) groups is 1. The lowest BCUT2D eigenvalue weighted by atomic mass is 10.0. The van der Waals surface area contributed by atoms with Crippen LogP contribution < -0.4 is 5.56 Å². The zero-order chi connectivity index (χ0) is 22.1. The number of hydrogen-bond donors (Lipinski definition) is 1. The molecule has 1 unspecified atom stereocenters. The lowest BCUT2D eigenvalue weighted by Gasteiger charge is -2.19. The number of allylic oxidation sites excluding steroid dienone is 2. The van der Waals surface area contributed by atoms with E-state index in [1.54, 1.807) is 25.5 Å². The number of thioether (sulfide) groups is 1. The van der Waals surface area contributed by atoms with Gasteiger partial charge in [0, 0.05) is 5.39 Å². The smallest absolute Gasteiger partial charge is 0.299 e. The van der Waals surface area contributed by atoms with Crippen molar-refractivity contribution in [1.82, 2.24) is 9.36 Å². The zero-order valence-electron chi connectivity index (χ0n) is 17.5. The van der Waals surface area contributed by atoms with Gasteiger partial charge in [0.15, 0.2) is 11.5 Å². The average Bonchev–Trinajstić information content (AvgIpc) is 3.25. The van der Waals surface area contributed by atoms with E-state index >= 15 is 0 Å². The van der Waals surface area contributed by atoms with E-state index in [1.807, 2.05) is 42.5 Å². The molecule has 0 radical (unpaired) electrons. The van der Waals surface area contributed by atoms with Crippen LogP contribution in [0.5, 0.6) is 0 Å². The summed E-state index contributed by atoms with van der Waals surface area (Å²) in [5.74, 6) is -0.233. The summed E-state index contributed by atoms with van der Waals surface area (Å²) in [7, 11) is 0. The van der Waals surface area contributed by atoms with E-state index < -0.39 is 4.93 Å². The molecule has 0 bridgehead atoms. The molecule has 31 heavy (non-hydrogen) atoms. The second-order valence-electron chi connectivity index (χ2n) is 7.84. The Balaban J connectivity index is 1.70. The summed E-state index contributed by atoms with van der Waals surface area (Å²) in [6.45, 7) is 6.60. The molecule has 0 fully saturated rings. The molecule has 1 atom stereocenters. The van der Waals surface area contributed by atoms with Crippen LogP contribution in [-0.2, 0) is 4.79 Å². The predicted molar refractivity (Wildman–Crippen MR) is 123 cm³/mol. The van der Waals surface area contributed by atoms with Crippen molar-refractivity contribution < 1.29 is 9.90 Å².